The van der Waals surface area contributed by atoms with Crippen LogP contribution < -0.4 is 14.8 Å². The molecule has 1 fully saturated rings. The number of carboxylic acid groups (broad SMARTS) is 1. The van der Waals surface area contributed by atoms with E-state index in [-0.39, 0.29) is 17.6 Å². The molecule has 2 aromatic heterocycles. The summed E-state index contributed by atoms with van der Waals surface area (Å²) in [6.45, 7) is 6.04. The number of benzene rings is 2. The van der Waals surface area contributed by atoms with Gasteiger partial charge < -0.3 is 24.4 Å². The van der Waals surface area contributed by atoms with Crippen molar-refractivity contribution < 1.29 is 23.9 Å². The van der Waals surface area contributed by atoms with Crippen LogP contribution in [0.4, 0.5) is 4.79 Å². The Bertz CT molecular complexity index is 1360. The number of nitrogens with one attached hydrogen (secondary N) is 1. The summed E-state index contributed by atoms with van der Waals surface area (Å²) < 4.78 is 16.8. The molecule has 0 unspecified atom stereocenters. The summed E-state index contributed by atoms with van der Waals surface area (Å²) in [5.74, 6) is 3.11. The predicted molar refractivity (Wildman–Crippen MR) is 134 cm³/mol. The number of nitrogens with zero attached hydrogens (tertiary/aromatic N) is 4. The Morgan fingerprint density at radius 2 is 1.54 bits per heavy atom. The first-order valence-electron chi connectivity index (χ1n) is 11.9. The van der Waals surface area contributed by atoms with Crippen molar-refractivity contribution in [3.63, 3.8) is 0 Å². The summed E-state index contributed by atoms with van der Waals surface area (Å²) in [6, 6.07) is 16.0. The fraction of sp³-hybridized carbons (Fsp3) is 0.296. The average Bonchev–Trinajstić information content (AvgIpc) is 3.30. The van der Waals surface area contributed by atoms with Gasteiger partial charge >= 0.3 is 6.09 Å². The van der Waals surface area contributed by atoms with E-state index in [9.17, 15) is 4.79 Å². The predicted octanol–water partition coefficient (Wildman–Crippen LogP) is 5.13. The van der Waals surface area contributed by atoms with E-state index in [1.807, 2.05) is 36.4 Å². The summed E-state index contributed by atoms with van der Waals surface area (Å²) in [6.07, 6.45) is 3.55. The number of amides is 1. The Morgan fingerprint density at radius 3 is 2.08 bits per heavy atom. The maximum absolute atomic E-state index is 10.7. The minimum atomic E-state index is -0.991. The Morgan fingerprint density at radius 1 is 0.946 bits per heavy atom. The van der Waals surface area contributed by atoms with Gasteiger partial charge in [-0.15, -0.1) is 0 Å². The fourth-order valence-corrected chi connectivity index (χ4v) is 4.21. The van der Waals surface area contributed by atoms with Gasteiger partial charge in [0.25, 0.3) is 0 Å². The highest BCUT2D eigenvalue weighted by Gasteiger charge is 2.32. The quantitative estimate of drug-likeness (QED) is 0.337. The van der Waals surface area contributed by atoms with E-state index in [0.29, 0.717) is 41.9 Å². The topological polar surface area (TPSA) is 132 Å². The number of ether oxygens (including phenoxy) is 2. The van der Waals surface area contributed by atoms with Gasteiger partial charge in [-0.25, -0.2) is 14.8 Å². The highest BCUT2D eigenvalue weighted by Crippen LogP contribution is 2.35. The van der Waals surface area contributed by atoms with E-state index in [1.54, 1.807) is 19.3 Å². The first kappa shape index (κ1) is 24.2. The van der Waals surface area contributed by atoms with Gasteiger partial charge in [0.15, 0.2) is 5.75 Å². The summed E-state index contributed by atoms with van der Waals surface area (Å²) >= 11 is 0. The van der Waals surface area contributed by atoms with Gasteiger partial charge in [-0.3, -0.25) is 0 Å². The van der Waals surface area contributed by atoms with Crippen LogP contribution in [-0.2, 0) is 5.41 Å². The maximum atomic E-state index is 10.7. The normalized spacial score (nSPS) is 17.1. The minimum Gasteiger partial charge on any atom is -0.490 e. The summed E-state index contributed by atoms with van der Waals surface area (Å²) in [7, 11) is 0. The minimum absolute atomic E-state index is 0.0272. The van der Waals surface area contributed by atoms with E-state index in [0.717, 1.165) is 16.9 Å². The molecule has 10 heteroatoms. The third kappa shape index (κ3) is 5.53. The van der Waals surface area contributed by atoms with Crippen LogP contribution in [0.5, 0.6) is 17.2 Å². The fourth-order valence-electron chi connectivity index (χ4n) is 4.21. The third-order valence-electron chi connectivity index (χ3n) is 6.47. The Kier molecular flexibility index (Phi) is 6.47. The summed E-state index contributed by atoms with van der Waals surface area (Å²) in [5, 5.41) is 15.1. The molecule has 1 aliphatic carbocycles. The van der Waals surface area contributed by atoms with Gasteiger partial charge in [0.2, 0.25) is 17.5 Å². The van der Waals surface area contributed by atoms with Crippen LogP contribution in [0.1, 0.15) is 43.7 Å². The SMILES string of the molecule is Cc1nc(-c2ncc(Oc3ccc(C(C)(C)c4ccc(OC5CC(NC(=O)O)C5)cc4)cc3)cn2)no1. The number of aromatic nitrogens is 4. The van der Waals surface area contributed by atoms with Crippen molar-refractivity contribution in [3.05, 3.63) is 77.9 Å². The van der Waals surface area contributed by atoms with Gasteiger partial charge in [0, 0.05) is 31.2 Å². The molecule has 2 aromatic carbocycles. The highest BCUT2D eigenvalue weighted by atomic mass is 16.5. The average molecular weight is 502 g/mol. The molecule has 0 spiro atoms. The molecule has 1 amide bonds. The lowest BCUT2D eigenvalue weighted by molar-refractivity contribution is 0.0833. The summed E-state index contributed by atoms with van der Waals surface area (Å²) in [5.41, 5.74) is 2.04. The molecule has 10 nitrogen and oxygen atoms in total. The molecule has 2 N–H and O–H groups in total. The number of hydrogen-bond acceptors (Lipinski definition) is 8. The Balaban J connectivity index is 1.19. The van der Waals surface area contributed by atoms with Crippen LogP contribution in [0.3, 0.4) is 0 Å². The maximum Gasteiger partial charge on any atom is 0.404 e. The van der Waals surface area contributed by atoms with E-state index in [2.05, 4.69) is 51.4 Å². The molecule has 1 aliphatic rings. The first-order valence-corrected chi connectivity index (χ1v) is 11.9. The molecule has 0 bridgehead atoms. The van der Waals surface area contributed by atoms with Crippen LogP contribution in [0.15, 0.2) is 65.4 Å². The van der Waals surface area contributed by atoms with Crippen molar-refractivity contribution >= 4 is 6.09 Å². The van der Waals surface area contributed by atoms with E-state index >= 15 is 0 Å². The van der Waals surface area contributed by atoms with Gasteiger partial charge in [0.1, 0.15) is 17.6 Å². The van der Waals surface area contributed by atoms with Gasteiger partial charge in [-0.05, 0) is 35.4 Å². The molecule has 0 atom stereocenters. The lowest BCUT2D eigenvalue weighted by Crippen LogP contribution is -2.48. The lowest BCUT2D eigenvalue weighted by Gasteiger charge is -2.35. The van der Waals surface area contributed by atoms with E-state index in [4.69, 9.17) is 19.1 Å². The van der Waals surface area contributed by atoms with Crippen molar-refractivity contribution in [2.75, 3.05) is 0 Å². The molecule has 0 radical (unpaired) electrons. The van der Waals surface area contributed by atoms with Crippen LogP contribution >= 0.6 is 0 Å². The van der Waals surface area contributed by atoms with Crippen molar-refractivity contribution in [2.24, 2.45) is 0 Å². The second-order valence-electron chi connectivity index (χ2n) is 9.51. The zero-order valence-corrected chi connectivity index (χ0v) is 20.7. The monoisotopic (exact) mass is 501 g/mol. The van der Waals surface area contributed by atoms with Gasteiger partial charge in [0.05, 0.1) is 12.4 Å². The van der Waals surface area contributed by atoms with Crippen molar-refractivity contribution in [1.29, 1.82) is 0 Å². The molecule has 5 rings (SSSR count). The second kappa shape index (κ2) is 9.88. The number of rotatable bonds is 8. The highest BCUT2D eigenvalue weighted by molar-refractivity contribution is 5.65. The Hall–Kier alpha value is -4.47. The lowest BCUT2D eigenvalue weighted by atomic mass is 9.78. The van der Waals surface area contributed by atoms with Gasteiger partial charge in [-0.2, -0.15) is 4.98 Å². The van der Waals surface area contributed by atoms with Crippen LogP contribution in [0.2, 0.25) is 0 Å². The van der Waals surface area contributed by atoms with E-state index < -0.39 is 6.09 Å². The van der Waals surface area contributed by atoms with Crippen molar-refractivity contribution in [3.8, 4) is 28.9 Å². The summed E-state index contributed by atoms with van der Waals surface area (Å²) in [4.78, 5) is 23.3. The molecular formula is C27H27N5O5. The third-order valence-corrected chi connectivity index (χ3v) is 6.47. The molecule has 0 saturated heterocycles. The van der Waals surface area contributed by atoms with Crippen molar-refractivity contribution in [2.45, 2.75) is 51.2 Å². The Labute approximate surface area is 213 Å². The first-order chi connectivity index (χ1) is 17.8. The van der Waals surface area contributed by atoms with Crippen LogP contribution in [0.25, 0.3) is 11.6 Å². The molecule has 190 valence electrons. The molecule has 1 saturated carbocycles. The number of aryl methyl sites for hydroxylation is 1. The van der Waals surface area contributed by atoms with E-state index in [1.165, 1.54) is 0 Å². The molecule has 37 heavy (non-hydrogen) atoms. The zero-order chi connectivity index (χ0) is 26.0. The zero-order valence-electron chi connectivity index (χ0n) is 20.7. The second-order valence-corrected chi connectivity index (χ2v) is 9.51. The standard InChI is InChI=1S/C27H27N5O5/c1-16-30-25(32-37-16)24-28-14-23(15-29-24)36-21-10-6-18(7-11-21)27(2,3)17-4-8-20(9-5-17)35-22-12-19(13-22)31-26(33)34/h4-11,14-15,19,22,31H,12-13H2,1-3H3,(H,33,34). The van der Waals surface area contributed by atoms with Crippen LogP contribution in [0, 0.1) is 6.92 Å². The van der Waals surface area contributed by atoms with Crippen molar-refractivity contribution in [1.82, 2.24) is 25.4 Å². The molecule has 0 aliphatic heterocycles. The van der Waals surface area contributed by atoms with Crippen LogP contribution in [-0.4, -0.2) is 43.5 Å². The molecule has 4 aromatic rings. The largest absolute Gasteiger partial charge is 0.490 e. The number of hydrogen-bond donors (Lipinski definition) is 2. The molecule has 2 heterocycles. The molecular weight excluding hydrogens is 474 g/mol. The smallest absolute Gasteiger partial charge is 0.404 e. The number of carbonyl (C=O) groups is 1. The van der Waals surface area contributed by atoms with Gasteiger partial charge in [-0.1, -0.05) is 43.3 Å².